The molecule has 0 bridgehead atoms. The fraction of sp³-hybridized carbons (Fsp3) is 0.455. The van der Waals surface area contributed by atoms with Gasteiger partial charge in [0.1, 0.15) is 5.75 Å². The number of hydrogen-bond donors (Lipinski definition) is 2. The number of carbonyl (C=O) groups is 1. The van der Waals surface area contributed by atoms with E-state index in [2.05, 4.69) is 15.6 Å². The third-order valence-electron chi connectivity index (χ3n) is 5.54. The Kier molecular flexibility index (Phi) is 5.76. The number of anilines is 1. The fourth-order valence-corrected chi connectivity index (χ4v) is 4.16. The van der Waals surface area contributed by atoms with Crippen LogP contribution in [-0.4, -0.2) is 35.9 Å². The van der Waals surface area contributed by atoms with Crippen LogP contribution in [0.4, 0.5) is 10.5 Å². The summed E-state index contributed by atoms with van der Waals surface area (Å²) in [7, 11) is 0. The van der Waals surface area contributed by atoms with E-state index in [1.54, 1.807) is 6.20 Å². The second kappa shape index (κ2) is 8.61. The number of ether oxygens (including phenoxy) is 2. The van der Waals surface area contributed by atoms with Crippen molar-refractivity contribution in [3.8, 4) is 5.75 Å². The molecule has 28 heavy (non-hydrogen) atoms. The van der Waals surface area contributed by atoms with Crippen molar-refractivity contribution >= 4 is 11.7 Å². The normalized spacial score (nSPS) is 20.2. The van der Waals surface area contributed by atoms with Crippen molar-refractivity contribution in [3.63, 3.8) is 0 Å². The number of pyridine rings is 1. The van der Waals surface area contributed by atoms with Crippen molar-refractivity contribution in [3.05, 3.63) is 54.4 Å². The van der Waals surface area contributed by atoms with Gasteiger partial charge in [-0.2, -0.15) is 0 Å². The van der Waals surface area contributed by atoms with E-state index in [0.29, 0.717) is 31.1 Å². The van der Waals surface area contributed by atoms with Crippen LogP contribution in [0.25, 0.3) is 0 Å². The summed E-state index contributed by atoms with van der Waals surface area (Å²) in [6, 6.07) is 13.2. The number of aromatic nitrogens is 1. The first kappa shape index (κ1) is 18.7. The third-order valence-corrected chi connectivity index (χ3v) is 5.54. The Hall–Kier alpha value is -2.60. The number of urea groups is 1. The Labute approximate surface area is 165 Å². The van der Waals surface area contributed by atoms with Gasteiger partial charge < -0.3 is 20.1 Å². The molecule has 1 spiro atoms. The lowest BCUT2D eigenvalue weighted by Gasteiger charge is -2.21. The number of para-hydroxylation sites is 2. The van der Waals surface area contributed by atoms with Crippen LogP contribution in [0.5, 0.6) is 5.75 Å². The third kappa shape index (κ3) is 4.62. The molecule has 1 atom stereocenters. The minimum absolute atomic E-state index is 0.00440. The highest BCUT2D eigenvalue weighted by Gasteiger charge is 2.42. The topological polar surface area (TPSA) is 72.5 Å². The summed E-state index contributed by atoms with van der Waals surface area (Å²) < 4.78 is 11.9. The quantitative estimate of drug-likeness (QED) is 0.795. The number of nitrogens with zero attached hydrogens (tertiary/aromatic N) is 1. The smallest absolute Gasteiger partial charge is 0.319 e. The molecule has 1 saturated carbocycles. The van der Waals surface area contributed by atoms with Gasteiger partial charge in [-0.3, -0.25) is 4.98 Å². The van der Waals surface area contributed by atoms with Gasteiger partial charge >= 0.3 is 6.03 Å². The van der Waals surface area contributed by atoms with Crippen LogP contribution in [0.3, 0.4) is 0 Å². The number of benzene rings is 1. The summed E-state index contributed by atoms with van der Waals surface area (Å²) in [5.41, 5.74) is 1.65. The Morgan fingerprint density at radius 2 is 2.00 bits per heavy atom. The van der Waals surface area contributed by atoms with Gasteiger partial charge in [0.2, 0.25) is 0 Å². The lowest BCUT2D eigenvalue weighted by molar-refractivity contribution is 0.00998. The van der Waals surface area contributed by atoms with Gasteiger partial charge in [0.15, 0.2) is 0 Å². The van der Waals surface area contributed by atoms with Crippen LogP contribution in [0.1, 0.15) is 37.8 Å². The van der Waals surface area contributed by atoms with E-state index in [0.717, 1.165) is 25.0 Å². The predicted molar refractivity (Wildman–Crippen MR) is 108 cm³/mol. The largest absolute Gasteiger partial charge is 0.491 e. The zero-order valence-electron chi connectivity index (χ0n) is 16.0. The molecule has 0 radical (unpaired) electrons. The summed E-state index contributed by atoms with van der Waals surface area (Å²) in [5, 5.41) is 5.97. The highest BCUT2D eigenvalue weighted by Crippen LogP contribution is 2.40. The van der Waals surface area contributed by atoms with Gasteiger partial charge in [-0.1, -0.05) is 31.0 Å². The van der Waals surface area contributed by atoms with E-state index in [1.165, 1.54) is 12.8 Å². The van der Waals surface area contributed by atoms with E-state index in [1.807, 2.05) is 42.5 Å². The monoisotopic (exact) mass is 381 g/mol. The standard InChI is InChI=1S/C22H27N3O3/c26-21(24-18-15-22(28-16-18)11-4-5-12-22)25-19-8-1-2-9-20(19)27-14-10-17-7-3-6-13-23-17/h1-3,6-9,13,18H,4-5,10-12,14-16H2,(H2,24,25,26). The number of amides is 2. The second-order valence-corrected chi connectivity index (χ2v) is 7.62. The lowest BCUT2D eigenvalue weighted by Crippen LogP contribution is -2.39. The van der Waals surface area contributed by atoms with Gasteiger partial charge in [0, 0.05) is 18.3 Å². The van der Waals surface area contributed by atoms with Crippen LogP contribution in [0.15, 0.2) is 48.7 Å². The molecule has 2 N–H and O–H groups in total. The molecule has 1 aliphatic heterocycles. The van der Waals surface area contributed by atoms with Gasteiger partial charge in [-0.05, 0) is 43.5 Å². The Bertz CT molecular complexity index is 791. The molecule has 6 heteroatoms. The van der Waals surface area contributed by atoms with Gasteiger partial charge in [-0.15, -0.1) is 0 Å². The van der Waals surface area contributed by atoms with Crippen LogP contribution in [0.2, 0.25) is 0 Å². The molecular weight excluding hydrogens is 354 g/mol. The maximum Gasteiger partial charge on any atom is 0.319 e. The van der Waals surface area contributed by atoms with Crippen molar-refractivity contribution in [1.82, 2.24) is 10.3 Å². The minimum Gasteiger partial charge on any atom is -0.491 e. The zero-order valence-corrected chi connectivity index (χ0v) is 16.0. The molecule has 2 aliphatic rings. The van der Waals surface area contributed by atoms with Crippen molar-refractivity contribution in [1.29, 1.82) is 0 Å². The van der Waals surface area contributed by atoms with Crippen molar-refractivity contribution in [2.45, 2.75) is 50.2 Å². The number of hydrogen-bond acceptors (Lipinski definition) is 4. The zero-order chi connectivity index (χ0) is 19.2. The molecule has 2 aromatic rings. The van der Waals surface area contributed by atoms with E-state index in [-0.39, 0.29) is 17.7 Å². The second-order valence-electron chi connectivity index (χ2n) is 7.62. The first-order valence-electron chi connectivity index (χ1n) is 10.1. The number of rotatable bonds is 6. The molecule has 1 aromatic heterocycles. The summed E-state index contributed by atoms with van der Waals surface area (Å²) in [6.07, 6.45) is 8.06. The van der Waals surface area contributed by atoms with E-state index < -0.39 is 0 Å². The lowest BCUT2D eigenvalue weighted by atomic mass is 9.96. The molecule has 2 amide bonds. The van der Waals surface area contributed by atoms with Crippen LogP contribution >= 0.6 is 0 Å². The van der Waals surface area contributed by atoms with E-state index in [4.69, 9.17) is 9.47 Å². The van der Waals surface area contributed by atoms with Crippen LogP contribution in [0, 0.1) is 0 Å². The average Bonchev–Trinajstić information content (AvgIpc) is 3.33. The van der Waals surface area contributed by atoms with E-state index >= 15 is 0 Å². The molecular formula is C22H27N3O3. The summed E-state index contributed by atoms with van der Waals surface area (Å²) in [6.45, 7) is 1.09. The molecule has 4 rings (SSSR count). The molecule has 1 aliphatic carbocycles. The summed E-state index contributed by atoms with van der Waals surface area (Å²) >= 11 is 0. The molecule has 6 nitrogen and oxygen atoms in total. The van der Waals surface area contributed by atoms with Gasteiger partial charge in [0.05, 0.1) is 30.5 Å². The highest BCUT2D eigenvalue weighted by molar-refractivity contribution is 5.91. The number of carbonyl (C=O) groups excluding carboxylic acids is 1. The maximum absolute atomic E-state index is 12.5. The SMILES string of the molecule is O=C(Nc1ccccc1OCCc1ccccn1)NC1COC2(CCCC2)C1. The van der Waals surface area contributed by atoms with E-state index in [9.17, 15) is 4.79 Å². The molecule has 2 heterocycles. The fourth-order valence-electron chi connectivity index (χ4n) is 4.16. The Morgan fingerprint density at radius 3 is 2.82 bits per heavy atom. The molecule has 148 valence electrons. The number of nitrogens with one attached hydrogen (secondary N) is 2. The predicted octanol–water partition coefficient (Wildman–Crippen LogP) is 3.93. The first-order chi connectivity index (χ1) is 13.7. The molecule has 1 unspecified atom stereocenters. The summed E-state index contributed by atoms with van der Waals surface area (Å²) in [4.78, 5) is 16.8. The Balaban J connectivity index is 1.29. The van der Waals surface area contributed by atoms with Crippen LogP contribution in [-0.2, 0) is 11.2 Å². The minimum atomic E-state index is -0.218. The molecule has 1 saturated heterocycles. The van der Waals surface area contributed by atoms with Gasteiger partial charge in [-0.25, -0.2) is 4.79 Å². The molecule has 1 aromatic carbocycles. The average molecular weight is 381 g/mol. The van der Waals surface area contributed by atoms with Crippen LogP contribution < -0.4 is 15.4 Å². The maximum atomic E-state index is 12.5. The molecule has 2 fully saturated rings. The van der Waals surface area contributed by atoms with Crippen molar-refractivity contribution in [2.24, 2.45) is 0 Å². The van der Waals surface area contributed by atoms with Gasteiger partial charge in [0.25, 0.3) is 0 Å². The Morgan fingerprint density at radius 1 is 1.18 bits per heavy atom. The van der Waals surface area contributed by atoms with Crippen molar-refractivity contribution < 1.29 is 14.3 Å². The highest BCUT2D eigenvalue weighted by atomic mass is 16.5. The summed E-state index contributed by atoms with van der Waals surface area (Å²) in [5.74, 6) is 0.656. The van der Waals surface area contributed by atoms with Crippen molar-refractivity contribution in [2.75, 3.05) is 18.5 Å². The first-order valence-corrected chi connectivity index (χ1v) is 10.1.